The second-order valence-electron chi connectivity index (χ2n) is 5.59. The number of fused-ring (bicyclic) bond motifs is 1. The molecule has 132 valence electrons. The summed E-state index contributed by atoms with van der Waals surface area (Å²) in [5.41, 5.74) is 1.22. The fraction of sp³-hybridized carbons (Fsp3) is 0.294. The maximum atomic E-state index is 12.8. The lowest BCUT2D eigenvalue weighted by Gasteiger charge is -2.13. The summed E-state index contributed by atoms with van der Waals surface area (Å²) in [5, 5.41) is 2.93. The van der Waals surface area contributed by atoms with Crippen LogP contribution in [0.1, 0.15) is 24.5 Å². The maximum absolute atomic E-state index is 12.8. The molecule has 0 saturated carbocycles. The average molecular weight is 365 g/mol. The van der Waals surface area contributed by atoms with E-state index in [1.54, 1.807) is 37.3 Å². The van der Waals surface area contributed by atoms with Crippen LogP contribution in [0.3, 0.4) is 0 Å². The van der Waals surface area contributed by atoms with Gasteiger partial charge in [0.25, 0.3) is 5.76 Å². The van der Waals surface area contributed by atoms with Gasteiger partial charge in [-0.3, -0.25) is 4.79 Å². The summed E-state index contributed by atoms with van der Waals surface area (Å²) in [6.45, 7) is 3.53. The van der Waals surface area contributed by atoms with Crippen LogP contribution in [-0.2, 0) is 11.3 Å². The number of hydrogen-bond acceptors (Lipinski definition) is 4. The molecule has 2 aromatic heterocycles. The van der Waals surface area contributed by atoms with Gasteiger partial charge in [-0.25, -0.2) is 4.98 Å². The largest absolute Gasteiger partial charge is 0.464 e. The van der Waals surface area contributed by atoms with Crippen LogP contribution < -0.4 is 5.32 Å². The van der Waals surface area contributed by atoms with Gasteiger partial charge in [0.2, 0.25) is 5.91 Å². The molecule has 0 aliphatic rings. The Hall–Kier alpha value is -2.35. The molecule has 1 atom stereocenters. The molecular weight excluding hydrogens is 348 g/mol. The van der Waals surface area contributed by atoms with E-state index in [2.05, 4.69) is 10.3 Å². The van der Waals surface area contributed by atoms with Crippen molar-refractivity contribution in [3.05, 3.63) is 47.9 Å². The minimum absolute atomic E-state index is 0.0976. The van der Waals surface area contributed by atoms with E-state index in [4.69, 9.17) is 4.42 Å². The highest BCUT2D eigenvalue weighted by Crippen LogP contribution is 2.28. The third-order valence-corrected chi connectivity index (χ3v) is 4.38. The van der Waals surface area contributed by atoms with E-state index in [1.165, 1.54) is 4.57 Å². The number of alkyl halides is 2. The van der Waals surface area contributed by atoms with Crippen LogP contribution in [0, 0.1) is 6.92 Å². The Balaban J connectivity index is 1.80. The van der Waals surface area contributed by atoms with Crippen molar-refractivity contribution >= 4 is 28.7 Å². The van der Waals surface area contributed by atoms with Gasteiger partial charge in [0.1, 0.15) is 18.1 Å². The quantitative estimate of drug-likeness (QED) is 0.667. The highest BCUT2D eigenvalue weighted by Gasteiger charge is 2.19. The molecule has 3 aromatic rings. The molecule has 0 saturated heterocycles. The molecule has 0 bridgehead atoms. The van der Waals surface area contributed by atoms with Crippen molar-refractivity contribution in [3.8, 4) is 0 Å². The van der Waals surface area contributed by atoms with E-state index >= 15 is 0 Å². The van der Waals surface area contributed by atoms with Crippen LogP contribution in [0.2, 0.25) is 0 Å². The predicted molar refractivity (Wildman–Crippen MR) is 91.6 cm³/mol. The zero-order valence-electron chi connectivity index (χ0n) is 13.7. The summed E-state index contributed by atoms with van der Waals surface area (Å²) in [5.74, 6) is -1.51. The number of hydrogen-bond donors (Lipinski definition) is 1. The Morgan fingerprint density at radius 2 is 2.08 bits per heavy atom. The average Bonchev–Trinajstić information content (AvgIpc) is 3.12. The molecule has 1 unspecified atom stereocenters. The van der Waals surface area contributed by atoms with Gasteiger partial charge in [0, 0.05) is 0 Å². The van der Waals surface area contributed by atoms with Crippen LogP contribution in [0.25, 0.3) is 11.0 Å². The smallest absolute Gasteiger partial charge is 0.291 e. The van der Waals surface area contributed by atoms with Gasteiger partial charge in [0.15, 0.2) is 5.16 Å². The molecule has 5 nitrogen and oxygen atoms in total. The number of rotatable bonds is 6. The summed E-state index contributed by atoms with van der Waals surface area (Å²) in [7, 11) is 0. The molecular formula is C17H17F2N3O2S. The van der Waals surface area contributed by atoms with Crippen molar-refractivity contribution in [1.82, 2.24) is 14.9 Å². The highest BCUT2D eigenvalue weighted by atomic mass is 32.2. The van der Waals surface area contributed by atoms with Gasteiger partial charge in [-0.2, -0.15) is 8.78 Å². The zero-order chi connectivity index (χ0) is 18.0. The summed E-state index contributed by atoms with van der Waals surface area (Å²) in [6, 6.07) is 10.3. The lowest BCUT2D eigenvalue weighted by molar-refractivity contribution is -0.122. The molecule has 2 heterocycles. The SMILES string of the molecule is Cc1ccc(C(C)NC(=O)Cn2c(SC(F)F)nc3ccccc32)o1. The predicted octanol–water partition coefficient (Wildman–Crippen LogP) is 4.13. The number of nitrogens with zero attached hydrogens (tertiary/aromatic N) is 2. The lowest BCUT2D eigenvalue weighted by Crippen LogP contribution is -2.30. The first-order valence-corrected chi connectivity index (χ1v) is 8.58. The number of benzene rings is 1. The van der Waals surface area contributed by atoms with Gasteiger partial charge in [-0.15, -0.1) is 0 Å². The van der Waals surface area contributed by atoms with E-state index in [0.717, 1.165) is 5.76 Å². The Kier molecular flexibility index (Phi) is 5.08. The zero-order valence-corrected chi connectivity index (χ0v) is 14.5. The standard InChI is InChI=1S/C17H17F2N3O2S/c1-10-7-8-14(24-10)11(2)20-15(23)9-22-13-6-4-3-5-12(13)21-17(22)25-16(18)19/h3-8,11,16H,9H2,1-2H3,(H,20,23). The molecule has 0 aliphatic heterocycles. The summed E-state index contributed by atoms with van der Waals surface area (Å²) >= 11 is 0.331. The Morgan fingerprint density at radius 3 is 2.76 bits per heavy atom. The number of halogens is 2. The second kappa shape index (κ2) is 7.26. The van der Waals surface area contributed by atoms with Gasteiger partial charge < -0.3 is 14.3 Å². The van der Waals surface area contributed by atoms with E-state index in [-0.39, 0.29) is 23.7 Å². The van der Waals surface area contributed by atoms with Crippen molar-refractivity contribution < 1.29 is 18.0 Å². The van der Waals surface area contributed by atoms with Crippen LogP contribution in [0.15, 0.2) is 46.0 Å². The number of imidazole rings is 1. The Morgan fingerprint density at radius 1 is 1.32 bits per heavy atom. The molecule has 0 aliphatic carbocycles. The van der Waals surface area contributed by atoms with Gasteiger partial charge in [-0.05, 0) is 49.9 Å². The van der Waals surface area contributed by atoms with E-state index in [1.807, 2.05) is 13.0 Å². The van der Waals surface area contributed by atoms with E-state index < -0.39 is 5.76 Å². The first kappa shape index (κ1) is 17.5. The van der Waals surface area contributed by atoms with Crippen LogP contribution in [-0.4, -0.2) is 21.2 Å². The minimum atomic E-state index is -2.61. The highest BCUT2D eigenvalue weighted by molar-refractivity contribution is 7.99. The number of para-hydroxylation sites is 2. The Labute approximate surface area is 147 Å². The fourth-order valence-corrected chi connectivity index (χ4v) is 3.16. The first-order chi connectivity index (χ1) is 11.9. The monoisotopic (exact) mass is 365 g/mol. The van der Waals surface area contributed by atoms with Crippen molar-refractivity contribution in [2.24, 2.45) is 0 Å². The molecule has 0 radical (unpaired) electrons. The molecule has 8 heteroatoms. The van der Waals surface area contributed by atoms with Crippen LogP contribution >= 0.6 is 11.8 Å². The first-order valence-electron chi connectivity index (χ1n) is 7.70. The Bertz CT molecular complexity index is 891. The number of aromatic nitrogens is 2. The molecule has 1 amide bonds. The summed E-state index contributed by atoms with van der Waals surface area (Å²) in [4.78, 5) is 16.6. The second-order valence-corrected chi connectivity index (χ2v) is 6.54. The van der Waals surface area contributed by atoms with Crippen molar-refractivity contribution in [3.63, 3.8) is 0 Å². The number of carbonyl (C=O) groups is 1. The number of aryl methyl sites for hydroxylation is 1. The van der Waals surface area contributed by atoms with Crippen molar-refractivity contribution in [2.45, 2.75) is 37.3 Å². The van der Waals surface area contributed by atoms with E-state index in [9.17, 15) is 13.6 Å². The third-order valence-electron chi connectivity index (χ3n) is 3.68. The number of thioether (sulfide) groups is 1. The molecule has 0 fully saturated rings. The summed E-state index contributed by atoms with van der Waals surface area (Å²) in [6.07, 6.45) is 0. The number of nitrogens with one attached hydrogen (secondary N) is 1. The van der Waals surface area contributed by atoms with Gasteiger partial charge >= 0.3 is 0 Å². The third kappa shape index (κ3) is 4.01. The molecule has 3 rings (SSSR count). The van der Waals surface area contributed by atoms with Crippen molar-refractivity contribution in [1.29, 1.82) is 0 Å². The molecule has 25 heavy (non-hydrogen) atoms. The topological polar surface area (TPSA) is 60.1 Å². The minimum Gasteiger partial charge on any atom is -0.464 e. The summed E-state index contributed by atoms with van der Waals surface area (Å²) < 4.78 is 32.6. The van der Waals surface area contributed by atoms with E-state index in [0.29, 0.717) is 28.6 Å². The van der Waals surface area contributed by atoms with Gasteiger partial charge in [-0.1, -0.05) is 12.1 Å². The van der Waals surface area contributed by atoms with Crippen LogP contribution in [0.4, 0.5) is 8.78 Å². The molecule has 0 spiro atoms. The van der Waals surface area contributed by atoms with Crippen molar-refractivity contribution in [2.75, 3.05) is 0 Å². The number of furan rings is 1. The maximum Gasteiger partial charge on any atom is 0.291 e. The number of carbonyl (C=O) groups excluding carboxylic acids is 1. The number of amides is 1. The normalized spacial score (nSPS) is 12.7. The van der Waals surface area contributed by atoms with Gasteiger partial charge in [0.05, 0.1) is 17.1 Å². The van der Waals surface area contributed by atoms with Crippen LogP contribution in [0.5, 0.6) is 0 Å². The lowest BCUT2D eigenvalue weighted by atomic mass is 10.2. The molecule has 1 N–H and O–H groups in total. The molecule has 1 aromatic carbocycles. The fourth-order valence-electron chi connectivity index (χ4n) is 2.56.